The lowest BCUT2D eigenvalue weighted by molar-refractivity contribution is -0.122. The van der Waals surface area contributed by atoms with Gasteiger partial charge in [-0.05, 0) is 42.7 Å². The molecule has 0 bridgehead atoms. The van der Waals surface area contributed by atoms with Gasteiger partial charge in [-0.25, -0.2) is 0 Å². The maximum Gasteiger partial charge on any atom is 0.229 e. The number of carbonyl (C=O) groups excluding carboxylic acids is 1. The Morgan fingerprint density at radius 1 is 0.909 bits per heavy atom. The smallest absolute Gasteiger partial charge is 0.229 e. The number of amides is 1. The molecule has 7 nitrogen and oxygen atoms in total. The fourth-order valence-electron chi connectivity index (χ4n) is 4.32. The van der Waals surface area contributed by atoms with E-state index in [-0.39, 0.29) is 17.9 Å². The van der Waals surface area contributed by atoms with Crippen molar-refractivity contribution in [1.82, 2.24) is 4.90 Å². The Morgan fingerprint density at radius 3 is 2.03 bits per heavy atom. The second-order valence-electron chi connectivity index (χ2n) is 8.63. The zero-order chi connectivity index (χ0) is 24.0. The molecule has 1 fully saturated rings. The molecule has 0 spiro atoms. The highest BCUT2D eigenvalue weighted by molar-refractivity contribution is 5.95. The maximum atomic E-state index is 13.2. The molecule has 7 heteroatoms. The van der Waals surface area contributed by atoms with Crippen LogP contribution < -0.4 is 23.8 Å². The van der Waals surface area contributed by atoms with Crippen LogP contribution in [-0.4, -0.2) is 58.4 Å². The minimum atomic E-state index is -0.0969. The van der Waals surface area contributed by atoms with E-state index < -0.39 is 0 Å². The Morgan fingerprint density at radius 2 is 1.52 bits per heavy atom. The van der Waals surface area contributed by atoms with Gasteiger partial charge in [-0.1, -0.05) is 13.8 Å². The first-order valence-electron chi connectivity index (χ1n) is 11.4. The number of carbonyl (C=O) groups is 1. The van der Waals surface area contributed by atoms with Crippen molar-refractivity contribution in [3.63, 3.8) is 0 Å². The van der Waals surface area contributed by atoms with Gasteiger partial charge in [0.25, 0.3) is 0 Å². The van der Waals surface area contributed by atoms with Gasteiger partial charge in [0.05, 0.1) is 28.4 Å². The van der Waals surface area contributed by atoms with Crippen LogP contribution in [-0.2, 0) is 11.3 Å². The van der Waals surface area contributed by atoms with Gasteiger partial charge >= 0.3 is 0 Å². The predicted molar refractivity (Wildman–Crippen MR) is 130 cm³/mol. The molecule has 0 aliphatic carbocycles. The minimum absolute atomic E-state index is 0.0969. The number of ether oxygens (including phenoxy) is 4. The van der Waals surface area contributed by atoms with Crippen molar-refractivity contribution < 1.29 is 23.7 Å². The Balaban J connectivity index is 1.75. The number of likely N-dealkylation sites (tertiary alicyclic amines) is 1. The average Bonchev–Trinajstić information content (AvgIpc) is 2.84. The van der Waals surface area contributed by atoms with Crippen LogP contribution in [0.4, 0.5) is 5.69 Å². The predicted octanol–water partition coefficient (Wildman–Crippen LogP) is 4.37. The molecule has 0 saturated carbocycles. The van der Waals surface area contributed by atoms with Crippen molar-refractivity contribution in [2.24, 2.45) is 5.92 Å². The van der Waals surface area contributed by atoms with E-state index >= 15 is 0 Å². The van der Waals surface area contributed by atoms with Crippen LogP contribution in [0.5, 0.6) is 23.0 Å². The second-order valence-corrected chi connectivity index (χ2v) is 8.63. The Kier molecular flexibility index (Phi) is 8.44. The number of benzene rings is 2. The summed E-state index contributed by atoms with van der Waals surface area (Å²) in [6, 6.07) is 11.8. The van der Waals surface area contributed by atoms with Crippen molar-refractivity contribution in [2.45, 2.75) is 39.3 Å². The molecule has 0 unspecified atom stereocenters. The van der Waals surface area contributed by atoms with Gasteiger partial charge in [0.1, 0.15) is 11.5 Å². The molecule has 3 rings (SSSR count). The summed E-state index contributed by atoms with van der Waals surface area (Å²) in [6.45, 7) is 6.51. The van der Waals surface area contributed by atoms with Crippen LogP contribution in [0.3, 0.4) is 0 Å². The van der Waals surface area contributed by atoms with Crippen molar-refractivity contribution in [1.29, 1.82) is 0 Å². The fraction of sp³-hybridized carbons (Fsp3) is 0.500. The average molecular weight is 457 g/mol. The minimum Gasteiger partial charge on any atom is -0.497 e. The van der Waals surface area contributed by atoms with Crippen LogP contribution >= 0.6 is 0 Å². The second kappa shape index (κ2) is 11.3. The fourth-order valence-corrected chi connectivity index (χ4v) is 4.32. The third-order valence-corrected chi connectivity index (χ3v) is 6.12. The van der Waals surface area contributed by atoms with E-state index in [1.54, 1.807) is 28.4 Å². The largest absolute Gasteiger partial charge is 0.497 e. The normalized spacial score (nSPS) is 14.8. The first-order valence-corrected chi connectivity index (χ1v) is 11.4. The molecule has 0 atom stereocenters. The zero-order valence-corrected chi connectivity index (χ0v) is 20.6. The molecule has 2 aromatic rings. The molecule has 1 aliphatic rings. The topological polar surface area (TPSA) is 60.5 Å². The highest BCUT2D eigenvalue weighted by Gasteiger charge is 2.31. The molecule has 1 amide bonds. The lowest BCUT2D eigenvalue weighted by Crippen LogP contribution is -2.48. The summed E-state index contributed by atoms with van der Waals surface area (Å²) in [5.41, 5.74) is 2.00. The first kappa shape index (κ1) is 24.7. The van der Waals surface area contributed by atoms with E-state index in [0.717, 1.165) is 55.2 Å². The third kappa shape index (κ3) is 5.90. The number of hydrogen-bond donors (Lipinski definition) is 0. The summed E-state index contributed by atoms with van der Waals surface area (Å²) in [5, 5.41) is 0. The van der Waals surface area contributed by atoms with E-state index in [1.807, 2.05) is 55.1 Å². The van der Waals surface area contributed by atoms with Gasteiger partial charge in [-0.15, -0.1) is 0 Å². The third-order valence-electron chi connectivity index (χ3n) is 6.12. The molecular weight excluding hydrogens is 420 g/mol. The van der Waals surface area contributed by atoms with Crippen LogP contribution in [0.2, 0.25) is 0 Å². The Bertz CT molecular complexity index is 916. The highest BCUT2D eigenvalue weighted by Crippen LogP contribution is 2.34. The van der Waals surface area contributed by atoms with Crippen LogP contribution in [0, 0.1) is 5.92 Å². The molecule has 33 heavy (non-hydrogen) atoms. The summed E-state index contributed by atoms with van der Waals surface area (Å²) < 4.78 is 21.7. The van der Waals surface area contributed by atoms with Gasteiger partial charge in [0.2, 0.25) is 5.91 Å². The summed E-state index contributed by atoms with van der Waals surface area (Å²) in [5.74, 6) is 2.89. The molecule has 0 radical (unpaired) electrons. The Labute approximate surface area is 197 Å². The molecule has 1 aliphatic heterocycles. The highest BCUT2D eigenvalue weighted by atomic mass is 16.5. The lowest BCUT2D eigenvalue weighted by Gasteiger charge is -2.39. The summed E-state index contributed by atoms with van der Waals surface area (Å²) in [4.78, 5) is 17.6. The molecule has 1 heterocycles. The SMILES string of the molecule is COc1cc(CN2CCC(N(C(=O)C(C)C)c3ccc(OC)c(OC)c3)CC2)cc(OC)c1. The lowest BCUT2D eigenvalue weighted by atomic mass is 9.99. The van der Waals surface area contributed by atoms with E-state index in [1.165, 1.54) is 0 Å². The molecule has 2 aromatic carbocycles. The molecule has 0 N–H and O–H groups in total. The molecule has 1 saturated heterocycles. The standard InChI is InChI=1S/C26H36N2O5/c1-18(2)26(29)28(21-7-8-24(32-5)25(15-21)33-6)20-9-11-27(12-10-20)17-19-13-22(30-3)16-23(14-19)31-4/h7-8,13-16,18,20H,9-12,17H2,1-6H3. The van der Waals surface area contributed by atoms with Crippen molar-refractivity contribution in [3.05, 3.63) is 42.0 Å². The number of hydrogen-bond acceptors (Lipinski definition) is 6. The van der Waals surface area contributed by atoms with E-state index in [0.29, 0.717) is 11.5 Å². The number of methoxy groups -OCH3 is 4. The molecular formula is C26H36N2O5. The van der Waals surface area contributed by atoms with Crippen LogP contribution in [0.15, 0.2) is 36.4 Å². The zero-order valence-electron chi connectivity index (χ0n) is 20.6. The maximum absolute atomic E-state index is 13.2. The van der Waals surface area contributed by atoms with Gasteiger partial charge in [0, 0.05) is 49.4 Å². The van der Waals surface area contributed by atoms with Crippen LogP contribution in [0.1, 0.15) is 32.3 Å². The monoisotopic (exact) mass is 456 g/mol. The first-order chi connectivity index (χ1) is 15.9. The van der Waals surface area contributed by atoms with Crippen molar-refractivity contribution in [2.75, 3.05) is 46.4 Å². The molecule has 180 valence electrons. The van der Waals surface area contributed by atoms with Crippen molar-refractivity contribution in [3.8, 4) is 23.0 Å². The Hall–Kier alpha value is -2.93. The van der Waals surface area contributed by atoms with E-state index in [2.05, 4.69) is 4.90 Å². The van der Waals surface area contributed by atoms with Gasteiger partial charge in [-0.2, -0.15) is 0 Å². The van der Waals surface area contributed by atoms with Gasteiger partial charge < -0.3 is 23.8 Å². The van der Waals surface area contributed by atoms with Crippen LogP contribution in [0.25, 0.3) is 0 Å². The summed E-state index contributed by atoms with van der Waals surface area (Å²) in [7, 11) is 6.56. The quantitative estimate of drug-likeness (QED) is 0.558. The number of nitrogens with zero attached hydrogens (tertiary/aromatic N) is 2. The van der Waals surface area contributed by atoms with Gasteiger partial charge in [0.15, 0.2) is 11.5 Å². The number of anilines is 1. The number of piperidine rings is 1. The van der Waals surface area contributed by atoms with Gasteiger partial charge in [-0.3, -0.25) is 9.69 Å². The van der Waals surface area contributed by atoms with Crippen molar-refractivity contribution >= 4 is 11.6 Å². The number of rotatable bonds is 9. The summed E-state index contributed by atoms with van der Waals surface area (Å²) >= 11 is 0. The van der Waals surface area contributed by atoms with E-state index in [4.69, 9.17) is 18.9 Å². The summed E-state index contributed by atoms with van der Waals surface area (Å²) in [6.07, 6.45) is 1.79. The van der Waals surface area contributed by atoms with E-state index in [9.17, 15) is 4.79 Å². The molecule has 0 aromatic heterocycles.